The van der Waals surface area contributed by atoms with Gasteiger partial charge >= 0.3 is 0 Å². The van der Waals surface area contributed by atoms with Gasteiger partial charge in [0.2, 0.25) is 4.94 Å². The van der Waals surface area contributed by atoms with Gasteiger partial charge in [0.05, 0.1) is 0 Å². The maximum absolute atomic E-state index is 9.83. The Morgan fingerprint density at radius 1 is 1.86 bits per heavy atom. The third-order valence-electron chi connectivity index (χ3n) is 0.286. The first-order valence-corrected chi connectivity index (χ1v) is 2.00. The van der Waals surface area contributed by atoms with E-state index in [4.69, 9.17) is 0 Å². The Bertz CT molecular complexity index is 153. The Balaban J connectivity index is 0.000000360. The average Bonchev–Trinajstić information content (AvgIpc) is 1.86. The normalized spacial score (nSPS) is 7.43. The van der Waals surface area contributed by atoms with Gasteiger partial charge in [-0.3, -0.25) is 4.37 Å². The second kappa shape index (κ2) is 3.10. The van der Waals surface area contributed by atoms with Crippen molar-refractivity contribution in [3.63, 3.8) is 0 Å². The summed E-state index contributed by atoms with van der Waals surface area (Å²) in [6, 6.07) is 0. The smallest absolute Gasteiger partial charge is 0.248 e. The number of nitrogens with zero attached hydrogens (tertiary/aromatic N) is 1. The predicted octanol–water partition coefficient (Wildman–Crippen LogP) is -0.106. The van der Waals surface area contributed by atoms with Gasteiger partial charge in [-0.05, 0) is 0 Å². The first kappa shape index (κ1) is 7.05. The van der Waals surface area contributed by atoms with Crippen LogP contribution in [-0.4, -0.2) is 4.37 Å². The van der Waals surface area contributed by atoms with Crippen molar-refractivity contribution in [2.45, 2.75) is 0 Å². The molecule has 0 spiro atoms. The van der Waals surface area contributed by atoms with E-state index in [0.29, 0.717) is 0 Å². The zero-order valence-electron chi connectivity index (χ0n) is 3.08. The minimum atomic E-state index is -0.407. The molecule has 0 unspecified atom stereocenters. The van der Waals surface area contributed by atoms with Gasteiger partial charge in [0.1, 0.15) is 0 Å². The number of hydrogen-bond acceptors (Lipinski definition) is 4. The minimum absolute atomic E-state index is 0. The molecular weight excluding hydrogens is 286 g/mol. The predicted molar refractivity (Wildman–Crippen MR) is 19.5 cm³/mol. The van der Waals surface area contributed by atoms with Crippen LogP contribution in [-0.2, 0) is 21.1 Å². The molecule has 0 bridgehead atoms. The van der Waals surface area contributed by atoms with Crippen LogP contribution in [0.15, 0.2) is 9.21 Å². The monoisotopic (exact) mass is 286 g/mol. The molecule has 0 aliphatic rings. The van der Waals surface area contributed by atoms with E-state index < -0.39 is 4.94 Å². The molecule has 0 saturated heterocycles. The number of hydrogen-bond donors (Lipinski definition) is 0. The van der Waals surface area contributed by atoms with Gasteiger partial charge < -0.3 is 9.21 Å². The first-order valence-electron chi connectivity index (χ1n) is 1.22. The van der Waals surface area contributed by atoms with Gasteiger partial charge in [-0.2, -0.15) is 0 Å². The molecule has 0 atom stereocenters. The number of rotatable bonds is 0. The summed E-state index contributed by atoms with van der Waals surface area (Å²) in [4.78, 5) is 9.42. The SMILES string of the molecule is O=c1o[c-]ns1.[W]. The van der Waals surface area contributed by atoms with Crippen LogP contribution in [0.1, 0.15) is 0 Å². The second-order valence-electron chi connectivity index (χ2n) is 0.626. The van der Waals surface area contributed by atoms with Gasteiger partial charge in [-0.15, -0.1) is 0 Å². The van der Waals surface area contributed by atoms with Crippen LogP contribution in [0.4, 0.5) is 0 Å². The third kappa shape index (κ3) is 2.00. The average molecular weight is 286 g/mol. The molecule has 7 heavy (non-hydrogen) atoms. The molecule has 1 rings (SSSR count). The van der Waals surface area contributed by atoms with Crippen LogP contribution in [0.3, 0.4) is 0 Å². The second-order valence-corrected chi connectivity index (χ2v) is 1.32. The van der Waals surface area contributed by atoms with E-state index in [1.54, 1.807) is 0 Å². The summed E-state index contributed by atoms with van der Waals surface area (Å²) < 4.78 is 7.32. The zero-order valence-corrected chi connectivity index (χ0v) is 6.83. The van der Waals surface area contributed by atoms with Gasteiger partial charge in [0.15, 0.2) is 0 Å². The van der Waals surface area contributed by atoms with Crippen molar-refractivity contribution in [3.8, 4) is 0 Å². The maximum atomic E-state index is 9.83. The van der Waals surface area contributed by atoms with E-state index >= 15 is 0 Å². The summed E-state index contributed by atoms with van der Waals surface area (Å²) in [6.45, 7) is 0. The molecule has 5 heteroatoms. The fraction of sp³-hybridized carbons (Fsp3) is 0. The number of aromatic nitrogens is 1. The standard InChI is InChI=1S/C2NO2S.W/c4-2-5-1-3-6-2;/q-1;. The minimum Gasteiger partial charge on any atom is -0.588 e. The molecule has 3 nitrogen and oxygen atoms in total. The molecule has 1 aromatic rings. The van der Waals surface area contributed by atoms with E-state index in [2.05, 4.69) is 8.79 Å². The van der Waals surface area contributed by atoms with Crippen LogP contribution in [0.2, 0.25) is 0 Å². The van der Waals surface area contributed by atoms with Crippen LogP contribution < -0.4 is 4.94 Å². The van der Waals surface area contributed by atoms with Crippen molar-refractivity contribution >= 4 is 11.5 Å². The Kier molecular flexibility index (Phi) is 3.12. The summed E-state index contributed by atoms with van der Waals surface area (Å²) in [6.07, 6.45) is 2.01. The van der Waals surface area contributed by atoms with Crippen molar-refractivity contribution in [3.05, 3.63) is 16.1 Å². The summed E-state index contributed by atoms with van der Waals surface area (Å²) >= 11 is 0.750. The summed E-state index contributed by atoms with van der Waals surface area (Å²) in [5, 5.41) is 0. The molecule has 0 amide bonds. The fourth-order valence-electron chi connectivity index (χ4n) is 0.130. The van der Waals surface area contributed by atoms with Crippen LogP contribution >= 0.6 is 11.5 Å². The van der Waals surface area contributed by atoms with Crippen molar-refractivity contribution in [2.24, 2.45) is 0 Å². The fourth-order valence-corrected chi connectivity index (χ4v) is 0.354. The summed E-state index contributed by atoms with van der Waals surface area (Å²) in [5.41, 5.74) is 0. The summed E-state index contributed by atoms with van der Waals surface area (Å²) in [7, 11) is 0. The van der Waals surface area contributed by atoms with Crippen molar-refractivity contribution in [1.82, 2.24) is 4.37 Å². The largest absolute Gasteiger partial charge is 0.588 e. The van der Waals surface area contributed by atoms with Crippen LogP contribution in [0.25, 0.3) is 0 Å². The Hall–Kier alpha value is 0.0483. The van der Waals surface area contributed by atoms with E-state index in [9.17, 15) is 4.79 Å². The third-order valence-corrected chi connectivity index (χ3v) is 0.685. The molecule has 38 valence electrons. The van der Waals surface area contributed by atoms with Crippen molar-refractivity contribution in [1.29, 1.82) is 0 Å². The van der Waals surface area contributed by atoms with Gasteiger partial charge in [0, 0.05) is 27.5 Å². The topological polar surface area (TPSA) is 43.1 Å². The molecular formula is C2NO2SW-. The molecule has 0 aromatic carbocycles. The molecule has 0 radical (unpaired) electrons. The van der Waals surface area contributed by atoms with Crippen molar-refractivity contribution < 1.29 is 25.5 Å². The van der Waals surface area contributed by atoms with Crippen molar-refractivity contribution in [2.75, 3.05) is 0 Å². The molecule has 0 aliphatic heterocycles. The quantitative estimate of drug-likeness (QED) is 0.625. The van der Waals surface area contributed by atoms with Gasteiger partial charge in [-0.25, -0.2) is 0 Å². The van der Waals surface area contributed by atoms with E-state index in [0.717, 1.165) is 11.5 Å². The zero-order chi connectivity index (χ0) is 4.41. The van der Waals surface area contributed by atoms with Crippen LogP contribution in [0, 0.1) is 6.39 Å². The molecule has 1 aromatic heterocycles. The van der Waals surface area contributed by atoms with E-state index in [1.165, 1.54) is 0 Å². The molecule has 0 saturated carbocycles. The maximum Gasteiger partial charge on any atom is 0.248 e. The van der Waals surface area contributed by atoms with Gasteiger partial charge in [-0.1, -0.05) is 11.5 Å². The first-order chi connectivity index (χ1) is 2.89. The van der Waals surface area contributed by atoms with Gasteiger partial charge in [0.25, 0.3) is 0 Å². The summed E-state index contributed by atoms with van der Waals surface area (Å²) in [5.74, 6) is 0. The Morgan fingerprint density at radius 3 is 2.71 bits per heavy atom. The molecule has 0 aliphatic carbocycles. The van der Waals surface area contributed by atoms with Crippen LogP contribution in [0.5, 0.6) is 0 Å². The molecule has 1 heterocycles. The van der Waals surface area contributed by atoms with E-state index in [-0.39, 0.29) is 21.1 Å². The molecule has 0 fully saturated rings. The van der Waals surface area contributed by atoms with E-state index in [1.807, 2.05) is 6.39 Å². The molecule has 0 N–H and O–H groups in total. The Morgan fingerprint density at radius 2 is 2.57 bits per heavy atom. The Labute approximate surface area is 57.8 Å².